The molecular weight excluding hydrogens is 386 g/mol. The van der Waals surface area contributed by atoms with Crippen molar-refractivity contribution in [2.75, 3.05) is 11.8 Å². The van der Waals surface area contributed by atoms with Gasteiger partial charge in [0.2, 0.25) is 0 Å². The summed E-state index contributed by atoms with van der Waals surface area (Å²) in [6.07, 6.45) is 3.20. The zero-order valence-electron chi connectivity index (χ0n) is 16.1. The van der Waals surface area contributed by atoms with E-state index in [1.807, 2.05) is 31.2 Å². The third kappa shape index (κ3) is 5.33. The summed E-state index contributed by atoms with van der Waals surface area (Å²) < 4.78 is 32.5. The van der Waals surface area contributed by atoms with Crippen LogP contribution >= 0.6 is 0 Å². The van der Waals surface area contributed by atoms with Gasteiger partial charge < -0.3 is 4.74 Å². The molecule has 3 aromatic rings. The van der Waals surface area contributed by atoms with Gasteiger partial charge in [-0.15, -0.1) is 0 Å². The minimum Gasteiger partial charge on any atom is -0.497 e. The number of carbonyl (C=O) groups excluding carboxylic acids is 1. The number of ether oxygens (including phenoxy) is 1. The molecule has 0 amide bonds. The van der Waals surface area contributed by atoms with E-state index in [0.29, 0.717) is 11.3 Å². The number of nitrogens with one attached hydrogen (secondary N) is 1. The number of benzene rings is 3. The molecule has 5 nitrogen and oxygen atoms in total. The molecule has 0 radical (unpaired) electrons. The van der Waals surface area contributed by atoms with Gasteiger partial charge in [0.05, 0.1) is 12.0 Å². The van der Waals surface area contributed by atoms with Gasteiger partial charge in [0.25, 0.3) is 10.0 Å². The Morgan fingerprint density at radius 2 is 1.52 bits per heavy atom. The van der Waals surface area contributed by atoms with Crippen LogP contribution in [0.2, 0.25) is 0 Å². The first kappa shape index (κ1) is 20.4. The molecule has 0 bridgehead atoms. The fourth-order valence-electron chi connectivity index (χ4n) is 2.62. The maximum atomic E-state index is 12.4. The lowest BCUT2D eigenvalue weighted by atomic mass is 10.1. The van der Waals surface area contributed by atoms with E-state index >= 15 is 0 Å². The molecule has 3 aromatic carbocycles. The fraction of sp³-hybridized carbons (Fsp3) is 0.0870. The molecule has 0 aliphatic rings. The Bertz CT molecular complexity index is 1120. The number of hydrogen-bond donors (Lipinski definition) is 1. The van der Waals surface area contributed by atoms with Gasteiger partial charge in [0.1, 0.15) is 5.75 Å². The van der Waals surface area contributed by atoms with Crippen molar-refractivity contribution in [3.8, 4) is 5.75 Å². The number of ketones is 1. The highest BCUT2D eigenvalue weighted by Crippen LogP contribution is 2.18. The minimum atomic E-state index is -3.67. The maximum Gasteiger partial charge on any atom is 0.261 e. The summed E-state index contributed by atoms with van der Waals surface area (Å²) in [5.41, 5.74) is 2.71. The second-order valence-electron chi connectivity index (χ2n) is 6.47. The summed E-state index contributed by atoms with van der Waals surface area (Å²) in [5.74, 6) is 0.575. The van der Waals surface area contributed by atoms with Crippen LogP contribution in [-0.2, 0) is 10.0 Å². The van der Waals surface area contributed by atoms with Crippen LogP contribution < -0.4 is 9.46 Å². The van der Waals surface area contributed by atoms with Crippen molar-refractivity contribution in [3.05, 3.63) is 95.6 Å². The van der Waals surface area contributed by atoms with Gasteiger partial charge in [-0.1, -0.05) is 35.9 Å². The Hall–Kier alpha value is -3.38. The Morgan fingerprint density at radius 3 is 2.10 bits per heavy atom. The second-order valence-corrected chi connectivity index (χ2v) is 8.15. The van der Waals surface area contributed by atoms with E-state index in [1.54, 1.807) is 61.7 Å². The zero-order chi connectivity index (χ0) is 20.9. The van der Waals surface area contributed by atoms with Crippen molar-refractivity contribution in [3.63, 3.8) is 0 Å². The van der Waals surface area contributed by atoms with Crippen molar-refractivity contribution < 1.29 is 17.9 Å². The largest absolute Gasteiger partial charge is 0.497 e. The molecule has 0 aliphatic carbocycles. The third-order valence-corrected chi connectivity index (χ3v) is 5.69. The van der Waals surface area contributed by atoms with Crippen LogP contribution in [0.5, 0.6) is 5.75 Å². The lowest BCUT2D eigenvalue weighted by Crippen LogP contribution is -2.13. The molecule has 0 saturated heterocycles. The lowest BCUT2D eigenvalue weighted by Gasteiger charge is -2.08. The van der Waals surface area contributed by atoms with Crippen LogP contribution in [0.1, 0.15) is 21.5 Å². The molecule has 0 spiro atoms. The van der Waals surface area contributed by atoms with Crippen molar-refractivity contribution in [2.24, 2.45) is 0 Å². The predicted molar refractivity (Wildman–Crippen MR) is 115 cm³/mol. The predicted octanol–water partition coefficient (Wildman–Crippen LogP) is 4.70. The first-order chi connectivity index (χ1) is 13.9. The SMILES string of the molecule is COc1ccc(/C=C/C(=O)c2ccc(NS(=O)(=O)c3ccc(C)cc3)cc2)cc1. The van der Waals surface area contributed by atoms with Crippen molar-refractivity contribution >= 4 is 27.6 Å². The number of rotatable bonds is 7. The average molecular weight is 407 g/mol. The summed E-state index contributed by atoms with van der Waals surface area (Å²) in [7, 11) is -2.08. The van der Waals surface area contributed by atoms with Crippen LogP contribution in [-0.4, -0.2) is 21.3 Å². The van der Waals surface area contributed by atoms with Crippen LogP contribution in [0.3, 0.4) is 0 Å². The zero-order valence-corrected chi connectivity index (χ0v) is 16.9. The van der Waals surface area contributed by atoms with E-state index in [1.165, 1.54) is 6.08 Å². The molecule has 0 fully saturated rings. The van der Waals surface area contributed by atoms with Crippen molar-refractivity contribution in [2.45, 2.75) is 11.8 Å². The fourth-order valence-corrected chi connectivity index (χ4v) is 3.68. The van der Waals surface area contributed by atoms with Crippen molar-refractivity contribution in [1.29, 1.82) is 0 Å². The third-order valence-electron chi connectivity index (χ3n) is 4.30. The molecule has 3 rings (SSSR count). The van der Waals surface area contributed by atoms with Crippen LogP contribution in [0.25, 0.3) is 6.08 Å². The number of carbonyl (C=O) groups is 1. The summed E-state index contributed by atoms with van der Waals surface area (Å²) in [5, 5.41) is 0. The Balaban J connectivity index is 1.68. The molecule has 6 heteroatoms. The molecule has 0 saturated carbocycles. The number of aryl methyl sites for hydroxylation is 1. The van der Waals surface area contributed by atoms with Gasteiger partial charge in [0.15, 0.2) is 5.78 Å². The number of allylic oxidation sites excluding steroid dienone is 1. The highest BCUT2D eigenvalue weighted by molar-refractivity contribution is 7.92. The smallest absolute Gasteiger partial charge is 0.261 e. The summed E-state index contributed by atoms with van der Waals surface area (Å²) >= 11 is 0. The molecule has 0 heterocycles. The van der Waals surface area contributed by atoms with Crippen LogP contribution in [0.15, 0.2) is 83.8 Å². The van der Waals surface area contributed by atoms with Crippen molar-refractivity contribution in [1.82, 2.24) is 0 Å². The summed E-state index contributed by atoms with van der Waals surface area (Å²) in [4.78, 5) is 12.5. The molecule has 148 valence electrons. The first-order valence-electron chi connectivity index (χ1n) is 8.93. The highest BCUT2D eigenvalue weighted by atomic mass is 32.2. The van der Waals surface area contributed by atoms with Gasteiger partial charge in [-0.25, -0.2) is 8.42 Å². The molecule has 0 aliphatic heterocycles. The Kier molecular flexibility index (Phi) is 6.14. The monoisotopic (exact) mass is 407 g/mol. The van der Waals surface area contributed by atoms with E-state index in [-0.39, 0.29) is 10.7 Å². The summed E-state index contributed by atoms with van der Waals surface area (Å²) in [6.45, 7) is 1.89. The van der Waals surface area contributed by atoms with Gasteiger partial charge in [-0.2, -0.15) is 0 Å². The van der Waals surface area contributed by atoms with E-state index in [4.69, 9.17) is 4.74 Å². The van der Waals surface area contributed by atoms with Crippen LogP contribution in [0.4, 0.5) is 5.69 Å². The first-order valence-corrected chi connectivity index (χ1v) is 10.4. The molecule has 0 unspecified atom stereocenters. The van der Waals surface area contributed by atoms with Crippen LogP contribution in [0, 0.1) is 6.92 Å². The average Bonchev–Trinajstić information content (AvgIpc) is 2.73. The van der Waals surface area contributed by atoms with Gasteiger partial charge in [0, 0.05) is 11.3 Å². The molecular formula is C23H21NO4S. The van der Waals surface area contributed by atoms with E-state index in [0.717, 1.165) is 16.9 Å². The molecule has 1 N–H and O–H groups in total. The van der Waals surface area contributed by atoms with Gasteiger partial charge in [-0.3, -0.25) is 9.52 Å². The second kappa shape index (κ2) is 8.75. The normalized spacial score (nSPS) is 11.4. The quantitative estimate of drug-likeness (QED) is 0.455. The van der Waals surface area contributed by atoms with Gasteiger partial charge >= 0.3 is 0 Å². The Labute approximate surface area is 170 Å². The van der Waals surface area contributed by atoms with Gasteiger partial charge in [-0.05, 0) is 67.1 Å². The number of methoxy groups -OCH3 is 1. The Morgan fingerprint density at radius 1 is 0.897 bits per heavy atom. The van der Waals surface area contributed by atoms with E-state index in [9.17, 15) is 13.2 Å². The number of anilines is 1. The minimum absolute atomic E-state index is 0.172. The molecule has 29 heavy (non-hydrogen) atoms. The highest BCUT2D eigenvalue weighted by Gasteiger charge is 2.14. The topological polar surface area (TPSA) is 72.5 Å². The number of sulfonamides is 1. The summed E-state index contributed by atoms with van der Waals surface area (Å²) in [6, 6.07) is 20.3. The number of hydrogen-bond acceptors (Lipinski definition) is 4. The standard InChI is InChI=1S/C23H21NO4S/c1-17-3-14-22(15-4-17)29(26,27)24-20-10-8-19(9-11-20)23(25)16-7-18-5-12-21(28-2)13-6-18/h3-16,24H,1-2H3/b16-7+. The maximum absolute atomic E-state index is 12.4. The van der Waals surface area contributed by atoms with E-state index in [2.05, 4.69) is 4.72 Å². The van der Waals surface area contributed by atoms with E-state index < -0.39 is 10.0 Å². The molecule has 0 aromatic heterocycles. The molecule has 0 atom stereocenters. The lowest BCUT2D eigenvalue weighted by molar-refractivity contribution is 0.104.